The van der Waals surface area contributed by atoms with E-state index in [2.05, 4.69) is 6.55 Å². The molecular weight excluding hydrogens is 224 g/mol. The molecule has 0 aliphatic carbocycles. The number of hydrogen-bond donors (Lipinski definition) is 0. The Morgan fingerprint density at radius 1 is 1.25 bits per heavy atom. The summed E-state index contributed by atoms with van der Waals surface area (Å²) in [6.45, 7) is 10.0. The van der Waals surface area contributed by atoms with E-state index in [-0.39, 0.29) is 0 Å². The molecule has 0 bridgehead atoms. The third kappa shape index (κ3) is 5.96. The maximum absolute atomic E-state index is 5.75. The molecule has 0 amide bonds. The Hall–Kier alpha value is 0.0569. The monoisotopic (exact) mass is 248 g/mol. The van der Waals surface area contributed by atoms with Gasteiger partial charge < -0.3 is 18.3 Å². The Labute approximate surface area is 99.5 Å². The van der Waals surface area contributed by atoms with Gasteiger partial charge in [0.15, 0.2) is 0 Å². The zero-order valence-electron chi connectivity index (χ0n) is 10.7. The highest BCUT2D eigenvalue weighted by Crippen LogP contribution is 2.16. The van der Waals surface area contributed by atoms with Crippen molar-refractivity contribution < 1.29 is 18.3 Å². The largest absolute Gasteiger partial charge is 0.395 e. The van der Waals surface area contributed by atoms with E-state index in [1.165, 1.54) is 0 Å². The lowest BCUT2D eigenvalue weighted by Gasteiger charge is -2.25. The molecule has 5 heteroatoms. The molecular formula is C11H24O4Si. The fraction of sp³-hybridized carbons (Fsp3) is 1.00. The Morgan fingerprint density at radius 2 is 1.88 bits per heavy atom. The Morgan fingerprint density at radius 3 is 2.38 bits per heavy atom. The summed E-state index contributed by atoms with van der Waals surface area (Å²) >= 11 is 0. The molecule has 96 valence electrons. The second-order valence-electron chi connectivity index (χ2n) is 4.13. The van der Waals surface area contributed by atoms with Gasteiger partial charge in [-0.25, -0.2) is 0 Å². The van der Waals surface area contributed by atoms with E-state index in [1.54, 1.807) is 0 Å². The van der Waals surface area contributed by atoms with Crippen LogP contribution in [0.5, 0.6) is 0 Å². The fourth-order valence-electron chi connectivity index (χ4n) is 1.67. The zero-order chi connectivity index (χ0) is 11.9. The van der Waals surface area contributed by atoms with Crippen LogP contribution in [-0.4, -0.2) is 47.7 Å². The molecule has 0 spiro atoms. The maximum atomic E-state index is 5.75. The van der Waals surface area contributed by atoms with Gasteiger partial charge >= 0.3 is 8.56 Å². The first-order valence-corrected chi connectivity index (χ1v) is 8.70. The van der Waals surface area contributed by atoms with Gasteiger partial charge in [-0.2, -0.15) is 0 Å². The molecule has 0 saturated carbocycles. The Kier molecular flexibility index (Phi) is 6.53. The van der Waals surface area contributed by atoms with Crippen molar-refractivity contribution >= 4 is 8.56 Å². The molecule has 1 atom stereocenters. The third-order valence-corrected chi connectivity index (χ3v) is 5.59. The molecule has 1 aliphatic rings. The van der Waals surface area contributed by atoms with Crippen LogP contribution in [0.2, 0.25) is 12.6 Å². The summed E-state index contributed by atoms with van der Waals surface area (Å²) in [5.74, 6) is 0. The highest BCUT2D eigenvalue weighted by molar-refractivity contribution is 6.66. The summed E-state index contributed by atoms with van der Waals surface area (Å²) in [6.07, 6.45) is 1.37. The number of hydrogen-bond acceptors (Lipinski definition) is 4. The standard InChI is InChI=1S/C11H24O4Si/c1-4-14-16(3,15-5-2)8-6-7-12-9-11-10-13-11/h11H,4-10H2,1-3H3/t11-/m1/s1. The quantitative estimate of drug-likeness (QED) is 0.336. The van der Waals surface area contributed by atoms with Crippen molar-refractivity contribution in [2.24, 2.45) is 0 Å². The molecule has 0 aromatic carbocycles. The van der Waals surface area contributed by atoms with Gasteiger partial charge in [0.25, 0.3) is 0 Å². The van der Waals surface area contributed by atoms with E-state index >= 15 is 0 Å². The Balaban J connectivity index is 2.05. The summed E-state index contributed by atoms with van der Waals surface area (Å²) in [7, 11) is -1.92. The molecule has 16 heavy (non-hydrogen) atoms. The summed E-state index contributed by atoms with van der Waals surface area (Å²) in [4.78, 5) is 0. The van der Waals surface area contributed by atoms with Crippen molar-refractivity contribution in [3.63, 3.8) is 0 Å². The molecule has 1 heterocycles. The molecule has 4 nitrogen and oxygen atoms in total. The Bertz CT molecular complexity index is 179. The molecule has 1 saturated heterocycles. The fourth-order valence-corrected chi connectivity index (χ4v) is 4.05. The van der Waals surface area contributed by atoms with Gasteiger partial charge in [-0.3, -0.25) is 0 Å². The summed E-state index contributed by atoms with van der Waals surface area (Å²) in [6, 6.07) is 1.00. The lowest BCUT2D eigenvalue weighted by molar-refractivity contribution is 0.113. The average molecular weight is 248 g/mol. The van der Waals surface area contributed by atoms with Crippen molar-refractivity contribution in [2.75, 3.05) is 33.0 Å². The van der Waals surface area contributed by atoms with Gasteiger partial charge in [0, 0.05) is 19.8 Å². The van der Waals surface area contributed by atoms with Crippen LogP contribution in [0.4, 0.5) is 0 Å². The number of ether oxygens (including phenoxy) is 2. The van der Waals surface area contributed by atoms with E-state index in [1.807, 2.05) is 13.8 Å². The van der Waals surface area contributed by atoms with Gasteiger partial charge in [-0.1, -0.05) is 0 Å². The van der Waals surface area contributed by atoms with Crippen molar-refractivity contribution in [1.29, 1.82) is 0 Å². The summed E-state index contributed by atoms with van der Waals surface area (Å²) < 4.78 is 22.1. The number of epoxide rings is 1. The van der Waals surface area contributed by atoms with Crippen LogP contribution in [0.3, 0.4) is 0 Å². The van der Waals surface area contributed by atoms with E-state index in [9.17, 15) is 0 Å². The van der Waals surface area contributed by atoms with Crippen molar-refractivity contribution in [3.05, 3.63) is 0 Å². The van der Waals surface area contributed by atoms with E-state index in [0.29, 0.717) is 6.10 Å². The lowest BCUT2D eigenvalue weighted by atomic mass is 10.5. The first-order valence-electron chi connectivity index (χ1n) is 6.17. The van der Waals surface area contributed by atoms with Crippen LogP contribution in [0.1, 0.15) is 20.3 Å². The minimum atomic E-state index is -1.92. The highest BCUT2D eigenvalue weighted by atomic mass is 28.4. The first-order chi connectivity index (χ1) is 7.70. The molecule has 0 aromatic rings. The third-order valence-electron chi connectivity index (χ3n) is 2.53. The molecule has 1 rings (SSSR count). The predicted octanol–water partition coefficient (Wildman–Crippen LogP) is 1.94. The van der Waals surface area contributed by atoms with Crippen LogP contribution in [0, 0.1) is 0 Å². The van der Waals surface area contributed by atoms with Crippen LogP contribution in [0.15, 0.2) is 0 Å². The molecule has 0 N–H and O–H groups in total. The van der Waals surface area contributed by atoms with Gasteiger partial charge in [0.1, 0.15) is 6.10 Å². The van der Waals surface area contributed by atoms with Gasteiger partial charge in [0.2, 0.25) is 0 Å². The second kappa shape index (κ2) is 7.40. The SMILES string of the molecule is CCO[Si](C)(CCCOC[C@@H]1CO1)OCC. The predicted molar refractivity (Wildman–Crippen MR) is 64.9 cm³/mol. The topological polar surface area (TPSA) is 40.2 Å². The maximum Gasteiger partial charge on any atom is 0.334 e. The molecule has 0 unspecified atom stereocenters. The van der Waals surface area contributed by atoms with Crippen molar-refractivity contribution in [2.45, 2.75) is 39.0 Å². The first kappa shape index (κ1) is 14.1. The van der Waals surface area contributed by atoms with Gasteiger partial charge in [-0.05, 0) is 32.9 Å². The molecule has 1 fully saturated rings. The molecule has 0 aromatic heterocycles. The van der Waals surface area contributed by atoms with Crippen molar-refractivity contribution in [1.82, 2.24) is 0 Å². The van der Waals surface area contributed by atoms with Crippen LogP contribution in [0.25, 0.3) is 0 Å². The van der Waals surface area contributed by atoms with Gasteiger partial charge in [-0.15, -0.1) is 0 Å². The second-order valence-corrected chi connectivity index (χ2v) is 7.48. The zero-order valence-corrected chi connectivity index (χ0v) is 11.7. The molecule has 1 aliphatic heterocycles. The smallest absolute Gasteiger partial charge is 0.334 e. The normalized spacial score (nSPS) is 20.1. The molecule has 0 radical (unpaired) electrons. The average Bonchev–Trinajstić information content (AvgIpc) is 3.02. The van der Waals surface area contributed by atoms with Crippen LogP contribution >= 0.6 is 0 Å². The van der Waals surface area contributed by atoms with E-state index in [4.69, 9.17) is 18.3 Å². The van der Waals surface area contributed by atoms with Crippen LogP contribution in [-0.2, 0) is 18.3 Å². The summed E-state index contributed by atoms with van der Waals surface area (Å²) in [5, 5.41) is 0. The number of rotatable bonds is 10. The van der Waals surface area contributed by atoms with E-state index in [0.717, 1.165) is 45.5 Å². The lowest BCUT2D eigenvalue weighted by Crippen LogP contribution is -2.38. The summed E-state index contributed by atoms with van der Waals surface area (Å²) in [5.41, 5.74) is 0. The van der Waals surface area contributed by atoms with Crippen molar-refractivity contribution in [3.8, 4) is 0 Å². The van der Waals surface area contributed by atoms with E-state index < -0.39 is 8.56 Å². The minimum absolute atomic E-state index is 0.363. The van der Waals surface area contributed by atoms with Crippen LogP contribution < -0.4 is 0 Å². The minimum Gasteiger partial charge on any atom is -0.395 e. The highest BCUT2D eigenvalue weighted by Gasteiger charge is 2.30. The van der Waals surface area contributed by atoms with Gasteiger partial charge in [0.05, 0.1) is 13.2 Å².